The van der Waals surface area contributed by atoms with Crippen LogP contribution in [0.1, 0.15) is 51.8 Å². The third-order valence-electron chi connectivity index (χ3n) is 4.26. The van der Waals surface area contributed by atoms with Crippen molar-refractivity contribution in [2.75, 3.05) is 0 Å². The third kappa shape index (κ3) is 5.04. The molecule has 1 fully saturated rings. The van der Waals surface area contributed by atoms with Crippen LogP contribution in [0.5, 0.6) is 0 Å². The molecule has 8 nitrogen and oxygen atoms in total. The van der Waals surface area contributed by atoms with Gasteiger partial charge in [-0.05, 0) is 18.8 Å². The molecule has 0 radical (unpaired) electrons. The average molecular weight is 364 g/mol. The number of aromatic nitrogens is 5. The number of carbonyl (C=O) groups is 1. The first-order valence-corrected chi connectivity index (χ1v) is 9.61. The van der Waals surface area contributed by atoms with E-state index < -0.39 is 0 Å². The average Bonchev–Trinajstić information content (AvgIpc) is 3.25. The van der Waals surface area contributed by atoms with E-state index in [-0.39, 0.29) is 17.1 Å². The molecule has 25 heavy (non-hydrogen) atoms. The lowest BCUT2D eigenvalue weighted by Crippen LogP contribution is -2.42. The molecule has 0 bridgehead atoms. The molecule has 0 spiro atoms. The van der Waals surface area contributed by atoms with E-state index in [0.717, 1.165) is 12.8 Å². The summed E-state index contributed by atoms with van der Waals surface area (Å²) in [7, 11) is 0. The van der Waals surface area contributed by atoms with Crippen molar-refractivity contribution in [3.63, 3.8) is 0 Å². The Morgan fingerprint density at radius 1 is 1.36 bits per heavy atom. The molecular weight excluding hydrogens is 340 g/mol. The van der Waals surface area contributed by atoms with Crippen molar-refractivity contribution in [1.82, 2.24) is 30.3 Å². The smallest absolute Gasteiger partial charge is 0.277 e. The summed E-state index contributed by atoms with van der Waals surface area (Å²) in [5.41, 5.74) is 0. The molecular formula is C16H24N6O2S. The molecule has 2 aromatic heterocycles. The SMILES string of the molecule is CC(C)[C@@H](Sc1nnc(Cn2cncn2)o1)C(=O)NC1CCCCC1. The molecule has 1 atom stereocenters. The number of thioether (sulfide) groups is 1. The fourth-order valence-electron chi connectivity index (χ4n) is 2.93. The minimum absolute atomic E-state index is 0.0583. The van der Waals surface area contributed by atoms with Crippen LogP contribution in [-0.4, -0.2) is 42.2 Å². The standard InChI is InChI=1S/C16H24N6O2S/c1-11(2)14(15(23)19-12-6-4-3-5-7-12)25-16-21-20-13(24-16)8-22-10-17-9-18-22/h9-12,14H,3-8H2,1-2H3,(H,19,23)/t14-/m1/s1. The zero-order valence-corrected chi connectivity index (χ0v) is 15.4. The van der Waals surface area contributed by atoms with E-state index in [1.165, 1.54) is 37.4 Å². The van der Waals surface area contributed by atoms with E-state index in [1.807, 2.05) is 13.8 Å². The number of nitrogens with one attached hydrogen (secondary N) is 1. The van der Waals surface area contributed by atoms with Crippen LogP contribution in [0.15, 0.2) is 22.3 Å². The number of rotatable bonds is 7. The van der Waals surface area contributed by atoms with Crippen molar-refractivity contribution >= 4 is 17.7 Å². The van der Waals surface area contributed by atoms with E-state index in [2.05, 4.69) is 25.6 Å². The summed E-state index contributed by atoms with van der Waals surface area (Å²) in [6.45, 7) is 4.43. The number of nitrogens with zero attached hydrogens (tertiary/aromatic N) is 5. The molecule has 1 saturated carbocycles. The van der Waals surface area contributed by atoms with Crippen LogP contribution in [0.25, 0.3) is 0 Å². The van der Waals surface area contributed by atoms with Gasteiger partial charge in [0.2, 0.25) is 11.8 Å². The van der Waals surface area contributed by atoms with Crippen molar-refractivity contribution in [3.05, 3.63) is 18.5 Å². The van der Waals surface area contributed by atoms with Crippen LogP contribution in [0.4, 0.5) is 0 Å². The van der Waals surface area contributed by atoms with Gasteiger partial charge in [0, 0.05) is 6.04 Å². The van der Waals surface area contributed by atoms with Crippen LogP contribution in [0, 0.1) is 5.92 Å². The highest BCUT2D eigenvalue weighted by atomic mass is 32.2. The second kappa shape index (κ2) is 8.46. The summed E-state index contributed by atoms with van der Waals surface area (Å²) >= 11 is 1.33. The highest BCUT2D eigenvalue weighted by molar-refractivity contribution is 8.00. The molecule has 0 saturated heterocycles. The summed E-state index contributed by atoms with van der Waals surface area (Å²) < 4.78 is 7.26. The van der Waals surface area contributed by atoms with Gasteiger partial charge in [-0.3, -0.25) is 4.79 Å². The third-order valence-corrected chi connectivity index (χ3v) is 5.63. The van der Waals surface area contributed by atoms with Gasteiger partial charge in [0.15, 0.2) is 0 Å². The first-order valence-electron chi connectivity index (χ1n) is 8.73. The first-order chi connectivity index (χ1) is 12.1. The second-order valence-corrected chi connectivity index (χ2v) is 7.77. The molecule has 9 heteroatoms. The van der Waals surface area contributed by atoms with Crippen molar-refractivity contribution in [3.8, 4) is 0 Å². The zero-order chi connectivity index (χ0) is 17.6. The van der Waals surface area contributed by atoms with Gasteiger partial charge in [-0.1, -0.05) is 44.9 Å². The predicted octanol–water partition coefficient (Wildman–Crippen LogP) is 2.27. The fraction of sp³-hybridized carbons (Fsp3) is 0.688. The molecule has 2 aromatic rings. The van der Waals surface area contributed by atoms with E-state index in [4.69, 9.17) is 4.42 Å². The lowest BCUT2D eigenvalue weighted by Gasteiger charge is -2.26. The molecule has 136 valence electrons. The monoisotopic (exact) mass is 364 g/mol. The van der Waals surface area contributed by atoms with Crippen LogP contribution >= 0.6 is 11.8 Å². The Hall–Kier alpha value is -1.90. The molecule has 1 aliphatic carbocycles. The van der Waals surface area contributed by atoms with E-state index in [9.17, 15) is 4.79 Å². The van der Waals surface area contributed by atoms with Gasteiger partial charge in [-0.15, -0.1) is 10.2 Å². The van der Waals surface area contributed by atoms with Crippen LogP contribution in [0.2, 0.25) is 0 Å². The normalized spacial score (nSPS) is 16.9. The van der Waals surface area contributed by atoms with Crippen LogP contribution in [0.3, 0.4) is 0 Å². The minimum Gasteiger partial charge on any atom is -0.414 e. The Morgan fingerprint density at radius 3 is 2.84 bits per heavy atom. The summed E-state index contributed by atoms with van der Waals surface area (Å²) in [4.78, 5) is 16.6. The minimum atomic E-state index is -0.249. The van der Waals surface area contributed by atoms with Gasteiger partial charge < -0.3 is 9.73 Å². The Kier molecular flexibility index (Phi) is 6.06. The van der Waals surface area contributed by atoms with Crippen molar-refractivity contribution in [1.29, 1.82) is 0 Å². The Labute approximate surface area is 151 Å². The lowest BCUT2D eigenvalue weighted by atomic mass is 9.95. The highest BCUT2D eigenvalue weighted by Crippen LogP contribution is 2.28. The fourth-order valence-corrected chi connectivity index (χ4v) is 3.83. The van der Waals surface area contributed by atoms with E-state index in [1.54, 1.807) is 11.0 Å². The van der Waals surface area contributed by atoms with E-state index >= 15 is 0 Å². The zero-order valence-electron chi connectivity index (χ0n) is 14.6. The van der Waals surface area contributed by atoms with Gasteiger partial charge in [-0.25, -0.2) is 9.67 Å². The molecule has 1 amide bonds. The number of hydrogen-bond donors (Lipinski definition) is 1. The molecule has 3 rings (SSSR count). The van der Waals surface area contributed by atoms with Crippen molar-refractivity contribution in [2.45, 2.75) is 69.0 Å². The Morgan fingerprint density at radius 2 is 2.16 bits per heavy atom. The largest absolute Gasteiger partial charge is 0.414 e. The van der Waals surface area contributed by atoms with Gasteiger partial charge in [0.05, 0.1) is 5.25 Å². The van der Waals surface area contributed by atoms with Gasteiger partial charge in [0.1, 0.15) is 19.2 Å². The molecule has 1 aliphatic rings. The van der Waals surface area contributed by atoms with Crippen molar-refractivity contribution < 1.29 is 9.21 Å². The topological polar surface area (TPSA) is 98.7 Å². The van der Waals surface area contributed by atoms with E-state index in [0.29, 0.717) is 23.7 Å². The quantitative estimate of drug-likeness (QED) is 0.752. The highest BCUT2D eigenvalue weighted by Gasteiger charge is 2.28. The Bertz CT molecular complexity index is 666. The predicted molar refractivity (Wildman–Crippen MR) is 92.9 cm³/mol. The van der Waals surface area contributed by atoms with Gasteiger partial charge in [-0.2, -0.15) is 5.10 Å². The number of amides is 1. The molecule has 0 aliphatic heterocycles. The van der Waals surface area contributed by atoms with Gasteiger partial charge in [0.25, 0.3) is 5.22 Å². The van der Waals surface area contributed by atoms with Crippen LogP contribution in [-0.2, 0) is 11.3 Å². The van der Waals surface area contributed by atoms with Gasteiger partial charge >= 0.3 is 0 Å². The van der Waals surface area contributed by atoms with Crippen LogP contribution < -0.4 is 5.32 Å². The maximum atomic E-state index is 12.7. The summed E-state index contributed by atoms with van der Waals surface area (Å²) in [5.74, 6) is 0.672. The summed E-state index contributed by atoms with van der Waals surface area (Å²) in [6.07, 6.45) is 8.85. The molecule has 2 heterocycles. The maximum absolute atomic E-state index is 12.7. The molecule has 0 unspecified atom stereocenters. The first kappa shape index (κ1) is 17.9. The summed E-state index contributed by atoms with van der Waals surface area (Å²) in [6, 6.07) is 0.300. The maximum Gasteiger partial charge on any atom is 0.277 e. The number of hydrogen-bond acceptors (Lipinski definition) is 7. The second-order valence-electron chi connectivity index (χ2n) is 6.68. The molecule has 1 N–H and O–H groups in total. The number of carbonyl (C=O) groups excluding carboxylic acids is 1. The Balaban J connectivity index is 1.59. The molecule has 0 aromatic carbocycles. The van der Waals surface area contributed by atoms with Crippen molar-refractivity contribution in [2.24, 2.45) is 5.92 Å². The lowest BCUT2D eigenvalue weighted by molar-refractivity contribution is -0.122. The summed E-state index contributed by atoms with van der Waals surface area (Å²) in [5, 5.41) is 15.4.